The van der Waals surface area contributed by atoms with Crippen LogP contribution in [0.2, 0.25) is 0 Å². The third kappa shape index (κ3) is 3.14. The minimum atomic E-state index is -0.376. The number of anilines is 1. The number of methoxy groups -OCH3 is 1. The number of thiazole rings is 1. The van der Waals surface area contributed by atoms with Gasteiger partial charge in [-0.3, -0.25) is 9.69 Å². The molecule has 8 heteroatoms. The fraction of sp³-hybridized carbons (Fsp3) is 0.421. The molecule has 2 aromatic rings. The smallest absolute Gasteiger partial charge is 0.410 e. The van der Waals surface area contributed by atoms with Crippen molar-refractivity contribution in [1.82, 2.24) is 9.88 Å². The number of likely N-dealkylation sites (tertiary alicyclic amines) is 1. The summed E-state index contributed by atoms with van der Waals surface area (Å²) in [5.41, 5.74) is 0.889. The van der Waals surface area contributed by atoms with Crippen LogP contribution in [-0.4, -0.2) is 47.6 Å². The lowest BCUT2D eigenvalue weighted by Crippen LogP contribution is -2.42. The fourth-order valence-electron chi connectivity index (χ4n) is 3.95. The number of hydrogen-bond donors (Lipinski definition) is 0. The highest BCUT2D eigenvalue weighted by molar-refractivity contribution is 7.13. The molecular weight excluding hydrogens is 366 g/mol. The third-order valence-corrected chi connectivity index (χ3v) is 6.04. The van der Waals surface area contributed by atoms with Gasteiger partial charge in [0.2, 0.25) is 5.91 Å². The van der Waals surface area contributed by atoms with Gasteiger partial charge in [-0.1, -0.05) is 19.1 Å². The first kappa shape index (κ1) is 17.8. The number of aromatic nitrogens is 1. The van der Waals surface area contributed by atoms with Crippen LogP contribution in [0.15, 0.2) is 35.8 Å². The summed E-state index contributed by atoms with van der Waals surface area (Å²) in [4.78, 5) is 33.1. The van der Waals surface area contributed by atoms with E-state index in [1.807, 2.05) is 36.6 Å². The Morgan fingerprint density at radius 2 is 2.11 bits per heavy atom. The zero-order chi connectivity index (χ0) is 19.0. The number of carbonyl (C=O) groups is 2. The average molecular weight is 387 g/mol. The summed E-state index contributed by atoms with van der Waals surface area (Å²) < 4.78 is 10.6. The number of amides is 2. The number of benzene rings is 1. The van der Waals surface area contributed by atoms with E-state index in [9.17, 15) is 9.59 Å². The Bertz CT molecular complexity index is 824. The van der Waals surface area contributed by atoms with Crippen molar-refractivity contribution in [2.45, 2.75) is 32.0 Å². The van der Waals surface area contributed by atoms with Crippen molar-refractivity contribution in [3.8, 4) is 5.75 Å². The van der Waals surface area contributed by atoms with Crippen LogP contribution < -0.4 is 9.64 Å². The molecule has 0 aliphatic carbocycles. The summed E-state index contributed by atoms with van der Waals surface area (Å²) in [5.74, 6) is 0.510. The average Bonchev–Trinajstić information content (AvgIpc) is 3.40. The fourth-order valence-corrected chi connectivity index (χ4v) is 4.65. The van der Waals surface area contributed by atoms with Crippen LogP contribution in [0.3, 0.4) is 0 Å². The van der Waals surface area contributed by atoms with Crippen molar-refractivity contribution in [3.63, 3.8) is 0 Å². The van der Waals surface area contributed by atoms with Crippen molar-refractivity contribution in [2.75, 3.05) is 18.6 Å². The molecule has 2 saturated heterocycles. The normalized spacial score (nSPS) is 24.2. The SMILES string of the molecule is COc1ccc(COC(=O)N2CC[C@H]3[C@H]2[C@H](C)C(=O)N3c2nccs2)cc1. The van der Waals surface area contributed by atoms with Gasteiger partial charge < -0.3 is 14.4 Å². The van der Waals surface area contributed by atoms with Gasteiger partial charge in [-0.2, -0.15) is 0 Å². The monoisotopic (exact) mass is 387 g/mol. The Balaban J connectivity index is 1.44. The predicted octanol–water partition coefficient (Wildman–Crippen LogP) is 2.91. The van der Waals surface area contributed by atoms with Gasteiger partial charge in [0.1, 0.15) is 12.4 Å². The summed E-state index contributed by atoms with van der Waals surface area (Å²) >= 11 is 1.44. The molecule has 0 bridgehead atoms. The van der Waals surface area contributed by atoms with E-state index in [1.165, 1.54) is 11.3 Å². The van der Waals surface area contributed by atoms with Gasteiger partial charge >= 0.3 is 6.09 Å². The van der Waals surface area contributed by atoms with Crippen molar-refractivity contribution < 1.29 is 19.1 Å². The summed E-state index contributed by atoms with van der Waals surface area (Å²) in [6, 6.07) is 7.18. The summed E-state index contributed by atoms with van der Waals surface area (Å²) in [6.45, 7) is 2.65. The molecule has 4 rings (SSSR count). The maximum atomic E-state index is 12.7. The van der Waals surface area contributed by atoms with E-state index >= 15 is 0 Å². The lowest BCUT2D eigenvalue weighted by atomic mass is 10.0. The van der Waals surface area contributed by atoms with E-state index < -0.39 is 0 Å². The highest BCUT2D eigenvalue weighted by Crippen LogP contribution is 2.40. The first-order valence-electron chi connectivity index (χ1n) is 8.89. The van der Waals surface area contributed by atoms with Crippen molar-refractivity contribution in [2.24, 2.45) is 5.92 Å². The Kier molecular flexibility index (Phi) is 4.73. The lowest BCUT2D eigenvalue weighted by Gasteiger charge is -2.25. The molecule has 1 aromatic carbocycles. The minimum Gasteiger partial charge on any atom is -0.497 e. The van der Waals surface area contributed by atoms with Crippen LogP contribution in [0.25, 0.3) is 0 Å². The topological polar surface area (TPSA) is 72.0 Å². The molecule has 0 N–H and O–H groups in total. The van der Waals surface area contributed by atoms with Gasteiger partial charge in [0, 0.05) is 18.1 Å². The third-order valence-electron chi connectivity index (χ3n) is 5.27. The Labute approximate surface area is 161 Å². The molecular formula is C19H21N3O4S. The van der Waals surface area contributed by atoms with Gasteiger partial charge in [0.25, 0.3) is 0 Å². The molecule has 7 nitrogen and oxygen atoms in total. The van der Waals surface area contributed by atoms with Crippen LogP contribution in [0, 0.1) is 5.92 Å². The molecule has 0 spiro atoms. The van der Waals surface area contributed by atoms with E-state index in [0.29, 0.717) is 11.7 Å². The second-order valence-corrected chi connectivity index (χ2v) is 7.63. The summed E-state index contributed by atoms with van der Waals surface area (Å²) in [6.07, 6.45) is 2.05. The van der Waals surface area contributed by atoms with Gasteiger partial charge in [-0.25, -0.2) is 9.78 Å². The van der Waals surface area contributed by atoms with Crippen molar-refractivity contribution in [1.29, 1.82) is 0 Å². The number of rotatable bonds is 4. The first-order chi connectivity index (χ1) is 13.1. The number of hydrogen-bond acceptors (Lipinski definition) is 6. The molecule has 3 atom stereocenters. The Morgan fingerprint density at radius 1 is 1.33 bits per heavy atom. The molecule has 0 saturated carbocycles. The Hall–Kier alpha value is -2.61. The highest BCUT2D eigenvalue weighted by atomic mass is 32.1. The zero-order valence-corrected chi connectivity index (χ0v) is 16.0. The Morgan fingerprint density at radius 3 is 2.78 bits per heavy atom. The number of nitrogens with zero attached hydrogens (tertiary/aromatic N) is 3. The van der Waals surface area contributed by atoms with Crippen LogP contribution in [0.4, 0.5) is 9.93 Å². The van der Waals surface area contributed by atoms with Crippen molar-refractivity contribution >= 4 is 28.5 Å². The zero-order valence-electron chi connectivity index (χ0n) is 15.2. The maximum absolute atomic E-state index is 12.7. The highest BCUT2D eigenvalue weighted by Gasteiger charge is 2.54. The molecule has 0 radical (unpaired) electrons. The quantitative estimate of drug-likeness (QED) is 0.807. The summed E-state index contributed by atoms with van der Waals surface area (Å²) in [7, 11) is 1.61. The van der Waals surface area contributed by atoms with Gasteiger partial charge in [0.15, 0.2) is 5.13 Å². The lowest BCUT2D eigenvalue weighted by molar-refractivity contribution is -0.120. The molecule has 2 amide bonds. The molecule has 27 heavy (non-hydrogen) atoms. The van der Waals surface area contributed by atoms with Gasteiger partial charge in [-0.15, -0.1) is 11.3 Å². The molecule has 2 aliphatic rings. The van der Waals surface area contributed by atoms with E-state index in [4.69, 9.17) is 9.47 Å². The van der Waals surface area contributed by atoms with Crippen LogP contribution in [0.5, 0.6) is 5.75 Å². The maximum Gasteiger partial charge on any atom is 0.410 e. The van der Waals surface area contributed by atoms with E-state index in [1.54, 1.807) is 23.1 Å². The molecule has 2 fully saturated rings. The molecule has 142 valence electrons. The predicted molar refractivity (Wildman–Crippen MR) is 101 cm³/mol. The second-order valence-electron chi connectivity index (χ2n) is 6.75. The van der Waals surface area contributed by atoms with E-state index in [2.05, 4.69) is 4.98 Å². The number of fused-ring (bicyclic) bond motifs is 1. The van der Waals surface area contributed by atoms with E-state index in [-0.39, 0.29) is 36.6 Å². The van der Waals surface area contributed by atoms with Crippen LogP contribution >= 0.6 is 11.3 Å². The summed E-state index contributed by atoms with van der Waals surface area (Å²) in [5, 5.41) is 2.56. The first-order valence-corrected chi connectivity index (χ1v) is 9.77. The van der Waals surface area contributed by atoms with Gasteiger partial charge in [-0.05, 0) is 24.1 Å². The standard InChI is InChI=1S/C19H21N3O4S/c1-12-16-15(22(17(12)23)18-20-8-10-27-18)7-9-21(16)19(24)26-11-13-3-5-14(25-2)6-4-13/h3-6,8,10,12,15-16H,7,9,11H2,1-2H3/t12-,15-,16+/m0/s1. The largest absolute Gasteiger partial charge is 0.497 e. The van der Waals surface area contributed by atoms with Crippen LogP contribution in [-0.2, 0) is 16.1 Å². The van der Waals surface area contributed by atoms with Crippen molar-refractivity contribution in [3.05, 3.63) is 41.4 Å². The molecule has 0 unspecified atom stereocenters. The number of carbonyl (C=O) groups excluding carboxylic acids is 2. The second kappa shape index (κ2) is 7.19. The van der Waals surface area contributed by atoms with Crippen LogP contribution in [0.1, 0.15) is 18.9 Å². The number of ether oxygens (including phenoxy) is 2. The molecule has 3 heterocycles. The van der Waals surface area contributed by atoms with Gasteiger partial charge in [0.05, 0.1) is 25.1 Å². The van der Waals surface area contributed by atoms with E-state index in [0.717, 1.165) is 17.7 Å². The molecule has 2 aliphatic heterocycles. The molecule has 1 aromatic heterocycles. The minimum absolute atomic E-state index is 0.0209.